The van der Waals surface area contributed by atoms with Gasteiger partial charge in [0.2, 0.25) is 11.8 Å². The summed E-state index contributed by atoms with van der Waals surface area (Å²) in [5.74, 6) is -0.325. The average Bonchev–Trinajstić information content (AvgIpc) is 3.27. The van der Waals surface area contributed by atoms with E-state index < -0.39 is 12.1 Å². The Bertz CT molecular complexity index is 822. The van der Waals surface area contributed by atoms with Crippen LogP contribution in [0.1, 0.15) is 12.2 Å². The molecule has 1 fully saturated rings. The van der Waals surface area contributed by atoms with Gasteiger partial charge in [-0.3, -0.25) is 9.59 Å². The molecule has 2 amide bonds. The first-order valence-corrected chi connectivity index (χ1v) is 8.09. The second-order valence-electron chi connectivity index (χ2n) is 5.91. The molecule has 2 aromatic rings. The minimum absolute atomic E-state index is 0. The summed E-state index contributed by atoms with van der Waals surface area (Å²) in [4.78, 5) is 24.1. The molecule has 0 bridgehead atoms. The number of β-amino-alcohol motifs (C(OH)–C–C–N with tert-alkyl or cyclic N) is 1. The Labute approximate surface area is 161 Å². The maximum absolute atomic E-state index is 12.2. The molecule has 3 rings (SSSR count). The van der Waals surface area contributed by atoms with E-state index in [1.54, 1.807) is 12.1 Å². The van der Waals surface area contributed by atoms with E-state index in [9.17, 15) is 19.8 Å². The van der Waals surface area contributed by atoms with E-state index in [1.165, 1.54) is 36.6 Å². The molecule has 0 aliphatic carbocycles. The largest absolute Gasteiger partial charge is 0.506 e. The molecule has 8 nitrogen and oxygen atoms in total. The van der Waals surface area contributed by atoms with Crippen molar-refractivity contribution in [2.24, 2.45) is 0 Å². The van der Waals surface area contributed by atoms with Crippen molar-refractivity contribution in [2.45, 2.75) is 18.6 Å². The van der Waals surface area contributed by atoms with Crippen molar-refractivity contribution in [1.29, 1.82) is 0 Å². The van der Waals surface area contributed by atoms with E-state index in [0.29, 0.717) is 24.4 Å². The van der Waals surface area contributed by atoms with Gasteiger partial charge >= 0.3 is 0 Å². The summed E-state index contributed by atoms with van der Waals surface area (Å²) >= 11 is 0. The number of rotatable bonds is 5. The van der Waals surface area contributed by atoms with Crippen LogP contribution in [0.2, 0.25) is 0 Å². The van der Waals surface area contributed by atoms with Crippen LogP contribution < -0.4 is 16.0 Å². The predicted octanol–water partition coefficient (Wildman–Crippen LogP) is 1.72. The van der Waals surface area contributed by atoms with Crippen molar-refractivity contribution in [3.05, 3.63) is 48.4 Å². The van der Waals surface area contributed by atoms with Gasteiger partial charge in [0.15, 0.2) is 0 Å². The molecule has 27 heavy (non-hydrogen) atoms. The lowest BCUT2D eigenvalue weighted by Crippen LogP contribution is -2.35. The number of amides is 2. The zero-order valence-electron chi connectivity index (χ0n) is 14.2. The number of aliphatic hydroxyl groups is 1. The molecule has 2 atom stereocenters. The molecular formula is C18H20ClN3O5. The highest BCUT2D eigenvalue weighted by atomic mass is 35.5. The Morgan fingerprint density at radius 1 is 1.26 bits per heavy atom. The fourth-order valence-electron chi connectivity index (χ4n) is 2.58. The molecule has 9 heteroatoms. The molecule has 5 N–H and O–H groups in total. The Balaban J connectivity index is 0.00000261. The van der Waals surface area contributed by atoms with Gasteiger partial charge in [0.25, 0.3) is 0 Å². The number of benzene rings is 1. The molecule has 0 radical (unpaired) electrons. The molecule has 1 aromatic carbocycles. The van der Waals surface area contributed by atoms with Gasteiger partial charge in [0, 0.05) is 18.3 Å². The maximum atomic E-state index is 12.2. The highest BCUT2D eigenvalue weighted by Gasteiger charge is 2.28. The van der Waals surface area contributed by atoms with Crippen molar-refractivity contribution < 1.29 is 24.2 Å². The van der Waals surface area contributed by atoms with Gasteiger partial charge in [-0.2, -0.15) is 0 Å². The van der Waals surface area contributed by atoms with Crippen LogP contribution in [-0.4, -0.2) is 40.7 Å². The summed E-state index contributed by atoms with van der Waals surface area (Å²) in [6.07, 6.45) is 4.08. The van der Waals surface area contributed by atoms with Crippen LogP contribution in [0.5, 0.6) is 5.75 Å². The van der Waals surface area contributed by atoms with Crippen LogP contribution in [0.3, 0.4) is 0 Å². The number of hydrogen-bond acceptors (Lipinski definition) is 6. The van der Waals surface area contributed by atoms with Crippen LogP contribution in [0.4, 0.5) is 11.4 Å². The molecule has 0 unspecified atom stereocenters. The van der Waals surface area contributed by atoms with Crippen LogP contribution in [0, 0.1) is 0 Å². The van der Waals surface area contributed by atoms with Gasteiger partial charge < -0.3 is 30.6 Å². The Kier molecular flexibility index (Phi) is 7.00. The zero-order valence-corrected chi connectivity index (χ0v) is 15.0. The van der Waals surface area contributed by atoms with E-state index in [2.05, 4.69) is 16.0 Å². The number of carbonyl (C=O) groups excluding carboxylic acids is 2. The molecule has 1 aromatic heterocycles. The van der Waals surface area contributed by atoms with Crippen molar-refractivity contribution in [1.82, 2.24) is 5.32 Å². The minimum atomic E-state index is -0.564. The van der Waals surface area contributed by atoms with Crippen molar-refractivity contribution in [3.63, 3.8) is 0 Å². The first kappa shape index (κ1) is 20.5. The normalized spacial score (nSPS) is 18.9. The first-order chi connectivity index (χ1) is 12.5. The molecule has 1 saturated heterocycles. The van der Waals surface area contributed by atoms with Gasteiger partial charge in [-0.05, 0) is 42.8 Å². The first-order valence-electron chi connectivity index (χ1n) is 8.09. The minimum Gasteiger partial charge on any atom is -0.506 e. The quantitative estimate of drug-likeness (QED) is 0.299. The van der Waals surface area contributed by atoms with Gasteiger partial charge in [-0.15, -0.1) is 12.4 Å². The van der Waals surface area contributed by atoms with Gasteiger partial charge in [-0.25, -0.2) is 0 Å². The fourth-order valence-corrected chi connectivity index (χ4v) is 2.58. The second kappa shape index (κ2) is 9.22. The Morgan fingerprint density at radius 2 is 2.07 bits per heavy atom. The number of nitrogens with one attached hydrogen (secondary N) is 3. The van der Waals surface area contributed by atoms with Crippen LogP contribution in [0.25, 0.3) is 6.08 Å². The highest BCUT2D eigenvalue weighted by Crippen LogP contribution is 2.27. The van der Waals surface area contributed by atoms with E-state index >= 15 is 0 Å². The van der Waals surface area contributed by atoms with E-state index in [0.717, 1.165) is 0 Å². The van der Waals surface area contributed by atoms with E-state index in [1.807, 2.05) is 0 Å². The van der Waals surface area contributed by atoms with Crippen LogP contribution >= 0.6 is 12.4 Å². The number of halogens is 1. The molecule has 0 spiro atoms. The van der Waals surface area contributed by atoms with Crippen molar-refractivity contribution in [2.75, 3.05) is 17.2 Å². The van der Waals surface area contributed by atoms with Gasteiger partial charge in [-0.1, -0.05) is 0 Å². The number of hydrogen-bond donors (Lipinski definition) is 5. The SMILES string of the molecule is Cl.O=C(/C=C/c1ccco1)Nc1ccc(O)c(NC(=O)[C@@H]2C[C@@H](O)CN2)c1. The molecule has 0 saturated carbocycles. The smallest absolute Gasteiger partial charge is 0.248 e. The van der Waals surface area contributed by atoms with Gasteiger partial charge in [0.05, 0.1) is 24.1 Å². The topological polar surface area (TPSA) is 124 Å². The number of aromatic hydroxyl groups is 1. The lowest BCUT2D eigenvalue weighted by atomic mass is 10.2. The molecule has 2 heterocycles. The molecule has 1 aliphatic heterocycles. The summed E-state index contributed by atoms with van der Waals surface area (Å²) in [7, 11) is 0. The third-order valence-corrected chi connectivity index (χ3v) is 3.89. The fraction of sp³-hybridized carbons (Fsp3) is 0.222. The predicted molar refractivity (Wildman–Crippen MR) is 103 cm³/mol. The Hall–Kier alpha value is -2.81. The van der Waals surface area contributed by atoms with Gasteiger partial charge in [0.1, 0.15) is 11.5 Å². The third-order valence-electron chi connectivity index (χ3n) is 3.89. The number of furan rings is 1. The summed E-state index contributed by atoms with van der Waals surface area (Å²) in [5, 5.41) is 27.5. The number of carbonyl (C=O) groups is 2. The monoisotopic (exact) mass is 393 g/mol. The highest BCUT2D eigenvalue weighted by molar-refractivity contribution is 6.03. The van der Waals surface area contributed by atoms with Crippen molar-refractivity contribution in [3.8, 4) is 5.75 Å². The maximum Gasteiger partial charge on any atom is 0.248 e. The Morgan fingerprint density at radius 3 is 2.74 bits per heavy atom. The molecular weight excluding hydrogens is 374 g/mol. The lowest BCUT2D eigenvalue weighted by Gasteiger charge is -2.13. The zero-order chi connectivity index (χ0) is 18.5. The van der Waals surface area contributed by atoms with E-state index in [4.69, 9.17) is 4.42 Å². The standard InChI is InChI=1S/C18H19N3O5.ClH/c22-12-9-15(19-10-12)18(25)21-14-8-11(3-5-16(14)23)20-17(24)6-4-13-2-1-7-26-13;/h1-8,12,15,19,22-23H,9-10H2,(H,20,24)(H,21,25);1H/b6-4+;/t12-,15+;/m1./s1. The second-order valence-corrected chi connectivity index (χ2v) is 5.91. The summed E-state index contributed by atoms with van der Waals surface area (Å²) < 4.78 is 5.10. The number of aliphatic hydroxyl groups excluding tert-OH is 1. The number of phenols is 1. The van der Waals surface area contributed by atoms with Crippen molar-refractivity contribution >= 4 is 41.7 Å². The average molecular weight is 394 g/mol. The molecule has 1 aliphatic rings. The van der Waals surface area contributed by atoms with Crippen LogP contribution in [-0.2, 0) is 9.59 Å². The van der Waals surface area contributed by atoms with E-state index in [-0.39, 0.29) is 35.7 Å². The molecule has 144 valence electrons. The summed E-state index contributed by atoms with van der Waals surface area (Å²) in [6.45, 7) is 0.349. The third kappa shape index (κ3) is 5.58. The lowest BCUT2D eigenvalue weighted by molar-refractivity contribution is -0.118. The summed E-state index contributed by atoms with van der Waals surface area (Å²) in [5.41, 5.74) is 0.581. The summed E-state index contributed by atoms with van der Waals surface area (Å²) in [6, 6.07) is 7.24. The van der Waals surface area contributed by atoms with Crippen LogP contribution in [0.15, 0.2) is 47.1 Å². The number of phenolic OH excluding ortho intramolecular Hbond substituents is 1. The number of anilines is 2.